The molecule has 3 heterocycles. The van der Waals surface area contributed by atoms with Gasteiger partial charge < -0.3 is 26.8 Å². The topological polar surface area (TPSA) is 147 Å². The number of hydrogen-bond donors (Lipinski definition) is 4. The van der Waals surface area contributed by atoms with Crippen LogP contribution in [0.4, 0.5) is 21.5 Å². The zero-order valence-corrected chi connectivity index (χ0v) is 21.0. The lowest BCUT2D eigenvalue weighted by atomic mass is 9.97. The van der Waals surface area contributed by atoms with Crippen LogP contribution in [-0.4, -0.2) is 46.1 Å². The molecule has 1 atom stereocenters. The molecule has 0 aliphatic carbocycles. The number of amides is 2. The average molecular weight is 527 g/mol. The molecule has 198 valence electrons. The Bertz CT molecular complexity index is 1550. The molecule has 39 heavy (non-hydrogen) atoms. The Balaban J connectivity index is 1.51. The van der Waals surface area contributed by atoms with Gasteiger partial charge in [0.15, 0.2) is 5.69 Å². The van der Waals surface area contributed by atoms with Crippen LogP contribution in [0, 0.1) is 5.82 Å². The van der Waals surface area contributed by atoms with Crippen molar-refractivity contribution < 1.29 is 19.1 Å². The van der Waals surface area contributed by atoms with E-state index in [-0.39, 0.29) is 28.2 Å². The Hall–Kier alpha value is -4.83. The quantitative estimate of drug-likeness (QED) is 0.298. The summed E-state index contributed by atoms with van der Waals surface area (Å²) in [6, 6.07) is 16.8. The Morgan fingerprint density at radius 1 is 1.08 bits per heavy atom. The van der Waals surface area contributed by atoms with Crippen molar-refractivity contribution in [2.75, 3.05) is 29.0 Å². The summed E-state index contributed by atoms with van der Waals surface area (Å²) in [5.74, 6) is -2.38. The van der Waals surface area contributed by atoms with E-state index < -0.39 is 23.7 Å². The number of benzene rings is 2. The highest BCUT2D eigenvalue weighted by Gasteiger charge is 2.23. The molecule has 1 unspecified atom stereocenters. The lowest BCUT2D eigenvalue weighted by molar-refractivity contribution is 0.0993. The van der Waals surface area contributed by atoms with E-state index in [2.05, 4.69) is 15.3 Å². The van der Waals surface area contributed by atoms with Gasteiger partial charge in [-0.25, -0.2) is 9.37 Å². The molecule has 1 fully saturated rings. The third kappa shape index (κ3) is 5.41. The fourth-order valence-electron chi connectivity index (χ4n) is 4.70. The van der Waals surface area contributed by atoms with E-state index in [4.69, 9.17) is 11.5 Å². The van der Waals surface area contributed by atoms with Crippen LogP contribution >= 0.6 is 0 Å². The van der Waals surface area contributed by atoms with Gasteiger partial charge in [-0.3, -0.25) is 14.6 Å². The lowest BCUT2D eigenvalue weighted by Gasteiger charge is -2.33. The van der Waals surface area contributed by atoms with Crippen molar-refractivity contribution in [3.63, 3.8) is 0 Å². The number of β-amino-alcohol motifs (C(OH)–C–C–N with tert-alkyl or cyclic N) is 1. The summed E-state index contributed by atoms with van der Waals surface area (Å²) in [6.07, 6.45) is 4.19. The third-order valence-electron chi connectivity index (χ3n) is 6.65. The second-order valence-electron chi connectivity index (χ2n) is 9.34. The fourth-order valence-corrected chi connectivity index (χ4v) is 4.70. The number of primary amides is 1. The number of pyridine rings is 2. The molecule has 5 rings (SSSR count). The van der Waals surface area contributed by atoms with Crippen LogP contribution in [0.25, 0.3) is 22.4 Å². The molecule has 0 spiro atoms. The zero-order valence-electron chi connectivity index (χ0n) is 21.0. The van der Waals surface area contributed by atoms with Gasteiger partial charge in [0.05, 0.1) is 40.6 Å². The number of anilines is 3. The van der Waals surface area contributed by atoms with Crippen LogP contribution in [0.3, 0.4) is 0 Å². The Labute approximate surface area is 224 Å². The number of carbonyl (C=O) groups is 2. The number of aliphatic hydroxyl groups excluding tert-OH is 1. The molecule has 2 amide bonds. The van der Waals surface area contributed by atoms with E-state index >= 15 is 4.39 Å². The molecule has 1 aliphatic rings. The van der Waals surface area contributed by atoms with Crippen LogP contribution in [0.15, 0.2) is 73.1 Å². The Morgan fingerprint density at radius 3 is 2.62 bits per heavy atom. The van der Waals surface area contributed by atoms with Gasteiger partial charge in [-0.05, 0) is 54.3 Å². The normalized spacial score (nSPS) is 15.1. The number of rotatable bonds is 6. The van der Waals surface area contributed by atoms with Crippen LogP contribution in [0.1, 0.15) is 33.7 Å². The SMILES string of the molecule is NC(=O)c1cc(-c2ccccc2)cc(-c2ccc(N)c(C(=O)Nc3cnccc3N3CCCC(O)C3)n2)c1F. The Kier molecular flexibility index (Phi) is 7.20. The summed E-state index contributed by atoms with van der Waals surface area (Å²) >= 11 is 0. The molecule has 0 saturated carbocycles. The van der Waals surface area contributed by atoms with Crippen molar-refractivity contribution in [3.05, 3.63) is 90.1 Å². The first-order valence-electron chi connectivity index (χ1n) is 12.5. The predicted octanol–water partition coefficient (Wildman–Crippen LogP) is 3.84. The number of nitrogens with zero attached hydrogens (tertiary/aromatic N) is 3. The molecule has 1 aliphatic heterocycles. The monoisotopic (exact) mass is 526 g/mol. The summed E-state index contributed by atoms with van der Waals surface area (Å²) in [5, 5.41) is 12.9. The smallest absolute Gasteiger partial charge is 0.276 e. The molecule has 2 aromatic carbocycles. The minimum atomic E-state index is -0.924. The van der Waals surface area contributed by atoms with E-state index in [1.807, 2.05) is 35.2 Å². The van der Waals surface area contributed by atoms with Crippen molar-refractivity contribution in [1.29, 1.82) is 0 Å². The average Bonchev–Trinajstić information content (AvgIpc) is 2.94. The lowest BCUT2D eigenvalue weighted by Crippen LogP contribution is -2.38. The molecule has 2 aromatic heterocycles. The molecule has 1 saturated heterocycles. The highest BCUT2D eigenvalue weighted by atomic mass is 19.1. The van der Waals surface area contributed by atoms with Crippen molar-refractivity contribution in [1.82, 2.24) is 9.97 Å². The first-order valence-corrected chi connectivity index (χ1v) is 12.5. The van der Waals surface area contributed by atoms with Gasteiger partial charge in [-0.1, -0.05) is 30.3 Å². The van der Waals surface area contributed by atoms with E-state index in [0.29, 0.717) is 23.5 Å². The maximum absolute atomic E-state index is 15.5. The van der Waals surface area contributed by atoms with Gasteiger partial charge in [-0.15, -0.1) is 0 Å². The molecule has 6 N–H and O–H groups in total. The van der Waals surface area contributed by atoms with Gasteiger partial charge in [0.1, 0.15) is 5.82 Å². The zero-order chi connectivity index (χ0) is 27.5. The minimum Gasteiger partial charge on any atom is -0.397 e. The van der Waals surface area contributed by atoms with E-state index in [9.17, 15) is 14.7 Å². The molecular weight excluding hydrogens is 499 g/mol. The van der Waals surface area contributed by atoms with Crippen LogP contribution in [0.2, 0.25) is 0 Å². The van der Waals surface area contributed by atoms with Gasteiger partial charge in [-0.2, -0.15) is 0 Å². The van der Waals surface area contributed by atoms with E-state index in [1.165, 1.54) is 24.4 Å². The number of nitrogens with two attached hydrogens (primary N) is 2. The summed E-state index contributed by atoms with van der Waals surface area (Å²) < 4.78 is 15.5. The highest BCUT2D eigenvalue weighted by molar-refractivity contribution is 6.08. The minimum absolute atomic E-state index is 0.00331. The predicted molar refractivity (Wildman–Crippen MR) is 148 cm³/mol. The van der Waals surface area contributed by atoms with Crippen molar-refractivity contribution >= 4 is 28.9 Å². The van der Waals surface area contributed by atoms with E-state index in [0.717, 1.165) is 24.9 Å². The number of aliphatic hydroxyl groups is 1. The standard InChI is InChI=1S/C29H27FN6O3/c30-26-20(13-18(14-21(26)28(32)38)17-5-2-1-3-6-17)23-9-8-22(31)27(34-23)29(39)35-24-15-33-11-10-25(24)36-12-4-7-19(37)16-36/h1-3,5-6,8-11,13-15,19,37H,4,7,12,16,31H2,(H2,32,38)(H,35,39). The summed E-state index contributed by atoms with van der Waals surface area (Å²) in [6.45, 7) is 1.15. The number of nitrogen functional groups attached to an aromatic ring is 1. The molecule has 9 nitrogen and oxygen atoms in total. The van der Waals surface area contributed by atoms with Crippen LogP contribution in [0.5, 0.6) is 0 Å². The van der Waals surface area contributed by atoms with E-state index in [1.54, 1.807) is 18.3 Å². The van der Waals surface area contributed by atoms with Gasteiger partial charge >= 0.3 is 0 Å². The fraction of sp³-hybridized carbons (Fsp3) is 0.172. The summed E-state index contributed by atoms with van der Waals surface area (Å²) in [5.41, 5.74) is 13.8. The first-order chi connectivity index (χ1) is 18.8. The van der Waals surface area contributed by atoms with Gasteiger partial charge in [0, 0.05) is 24.8 Å². The van der Waals surface area contributed by atoms with Crippen molar-refractivity contribution in [2.45, 2.75) is 18.9 Å². The molecule has 0 bridgehead atoms. The maximum atomic E-state index is 15.5. The second kappa shape index (κ2) is 10.9. The largest absolute Gasteiger partial charge is 0.397 e. The van der Waals surface area contributed by atoms with Crippen LogP contribution < -0.4 is 21.7 Å². The maximum Gasteiger partial charge on any atom is 0.276 e. The van der Waals surface area contributed by atoms with Crippen molar-refractivity contribution in [3.8, 4) is 22.4 Å². The molecule has 0 radical (unpaired) electrons. The number of aromatic nitrogens is 2. The molecule has 10 heteroatoms. The number of hydrogen-bond acceptors (Lipinski definition) is 7. The summed E-state index contributed by atoms with van der Waals surface area (Å²) in [7, 11) is 0. The highest BCUT2D eigenvalue weighted by Crippen LogP contribution is 2.32. The second-order valence-corrected chi connectivity index (χ2v) is 9.34. The number of nitrogens with one attached hydrogen (secondary N) is 1. The van der Waals surface area contributed by atoms with Gasteiger partial charge in [0.25, 0.3) is 11.8 Å². The number of piperidine rings is 1. The number of carbonyl (C=O) groups excluding carboxylic acids is 2. The Morgan fingerprint density at radius 2 is 1.87 bits per heavy atom. The van der Waals surface area contributed by atoms with Crippen molar-refractivity contribution in [2.24, 2.45) is 5.73 Å². The summed E-state index contributed by atoms with van der Waals surface area (Å²) in [4.78, 5) is 35.9. The van der Waals surface area contributed by atoms with Crippen LogP contribution in [-0.2, 0) is 0 Å². The molecular formula is C29H27FN6O3. The first kappa shape index (κ1) is 25.8. The third-order valence-corrected chi connectivity index (χ3v) is 6.65. The molecule has 4 aromatic rings. The number of halogens is 1. The van der Waals surface area contributed by atoms with Gasteiger partial charge in [0.2, 0.25) is 0 Å².